The van der Waals surface area contributed by atoms with Crippen molar-refractivity contribution in [1.29, 1.82) is 0 Å². The van der Waals surface area contributed by atoms with E-state index in [1.807, 2.05) is 31.2 Å². The Balaban J connectivity index is 1.53. The van der Waals surface area contributed by atoms with Crippen LogP contribution < -0.4 is 10.2 Å². The Labute approximate surface area is 158 Å². The predicted octanol–water partition coefficient (Wildman–Crippen LogP) is 1.45. The lowest BCUT2D eigenvalue weighted by molar-refractivity contribution is -0.899. The van der Waals surface area contributed by atoms with Crippen molar-refractivity contribution in [3.05, 3.63) is 35.9 Å². The van der Waals surface area contributed by atoms with Crippen molar-refractivity contribution in [3.8, 4) is 11.3 Å². The van der Waals surface area contributed by atoms with Crippen molar-refractivity contribution >= 4 is 17.8 Å². The Morgan fingerprint density at radius 2 is 2.11 bits per heavy atom. The van der Waals surface area contributed by atoms with Gasteiger partial charge in [0.2, 0.25) is 5.88 Å². The second kappa shape index (κ2) is 8.81. The molecule has 1 saturated heterocycles. The molecule has 1 amide bonds. The highest BCUT2D eigenvalue weighted by molar-refractivity contribution is 5.90. The van der Waals surface area contributed by atoms with Gasteiger partial charge in [-0.15, -0.1) is 0 Å². The molecular formula is C20H26N3O4+. The summed E-state index contributed by atoms with van der Waals surface area (Å²) in [6.07, 6.45) is 1.73. The van der Waals surface area contributed by atoms with E-state index >= 15 is 0 Å². The van der Waals surface area contributed by atoms with E-state index in [0.717, 1.165) is 29.8 Å². The second-order valence-corrected chi connectivity index (χ2v) is 6.96. The Kier molecular flexibility index (Phi) is 6.24. The SMILES string of the molecule is CCOC(=O)[C@H]1CCC[NH+](CC(=O)Nc2cc(-c3ccc(C)cc3)no2)C1. The van der Waals surface area contributed by atoms with Crippen LogP contribution in [-0.4, -0.2) is 43.3 Å². The Morgan fingerprint density at radius 3 is 2.85 bits per heavy atom. The molecule has 3 rings (SSSR count). The van der Waals surface area contributed by atoms with Crippen LogP contribution in [0.5, 0.6) is 0 Å². The summed E-state index contributed by atoms with van der Waals surface area (Å²) in [5.74, 6) is -0.108. The summed E-state index contributed by atoms with van der Waals surface area (Å²) in [5, 5.41) is 6.77. The Morgan fingerprint density at radius 1 is 1.33 bits per heavy atom. The largest absolute Gasteiger partial charge is 0.466 e. The van der Waals surface area contributed by atoms with Crippen molar-refractivity contribution in [2.24, 2.45) is 5.92 Å². The number of quaternary nitrogens is 1. The van der Waals surface area contributed by atoms with Crippen molar-refractivity contribution in [2.45, 2.75) is 26.7 Å². The highest BCUT2D eigenvalue weighted by Crippen LogP contribution is 2.21. The molecule has 1 unspecified atom stereocenters. The number of esters is 1. The normalized spacial score (nSPS) is 19.5. The van der Waals surface area contributed by atoms with Crippen molar-refractivity contribution in [2.75, 3.05) is 31.6 Å². The van der Waals surface area contributed by atoms with E-state index in [2.05, 4.69) is 10.5 Å². The first-order chi connectivity index (χ1) is 13.0. The Hall–Kier alpha value is -2.67. The van der Waals surface area contributed by atoms with Crippen LogP contribution in [-0.2, 0) is 14.3 Å². The lowest BCUT2D eigenvalue weighted by atomic mass is 9.98. The molecule has 1 aliphatic rings. The smallest absolute Gasteiger partial charge is 0.314 e. The average molecular weight is 372 g/mol. The third kappa shape index (κ3) is 5.17. The molecule has 2 heterocycles. The summed E-state index contributed by atoms with van der Waals surface area (Å²) in [6.45, 7) is 6.00. The van der Waals surface area contributed by atoms with E-state index in [-0.39, 0.29) is 24.3 Å². The van der Waals surface area contributed by atoms with Gasteiger partial charge in [0.25, 0.3) is 5.91 Å². The minimum Gasteiger partial charge on any atom is -0.466 e. The van der Waals surface area contributed by atoms with E-state index in [9.17, 15) is 9.59 Å². The fourth-order valence-corrected chi connectivity index (χ4v) is 3.38. The van der Waals surface area contributed by atoms with Crippen LogP contribution >= 0.6 is 0 Å². The minimum atomic E-state index is -0.159. The zero-order valence-corrected chi connectivity index (χ0v) is 15.8. The quantitative estimate of drug-likeness (QED) is 0.750. The first kappa shape index (κ1) is 19.1. The van der Waals surface area contributed by atoms with Gasteiger partial charge in [0.15, 0.2) is 6.54 Å². The number of rotatable bonds is 6. The van der Waals surface area contributed by atoms with Crippen LogP contribution in [0, 0.1) is 12.8 Å². The van der Waals surface area contributed by atoms with E-state index in [0.29, 0.717) is 24.7 Å². The molecule has 0 radical (unpaired) electrons. The molecule has 1 fully saturated rings. The highest BCUT2D eigenvalue weighted by Gasteiger charge is 2.30. The molecule has 1 aromatic heterocycles. The number of nitrogens with zero attached hydrogens (tertiary/aromatic N) is 1. The zero-order chi connectivity index (χ0) is 19.2. The lowest BCUT2D eigenvalue weighted by Crippen LogP contribution is -3.14. The standard InChI is InChI=1S/C20H25N3O4/c1-3-26-20(25)16-5-4-10-23(12-16)13-18(24)21-19-11-17(22-27-19)15-8-6-14(2)7-9-15/h6-9,11,16H,3-5,10,12-13H2,1-2H3,(H,21,24)/p+1/t16-/m0/s1. The van der Waals surface area contributed by atoms with Crippen LogP contribution in [0.15, 0.2) is 34.9 Å². The van der Waals surface area contributed by atoms with Crippen LogP contribution in [0.25, 0.3) is 11.3 Å². The van der Waals surface area contributed by atoms with Crippen LogP contribution in [0.4, 0.5) is 5.88 Å². The van der Waals surface area contributed by atoms with Gasteiger partial charge in [0.05, 0.1) is 19.7 Å². The maximum absolute atomic E-state index is 12.3. The number of aryl methyl sites for hydroxylation is 1. The third-order valence-electron chi connectivity index (χ3n) is 4.77. The van der Waals surface area contributed by atoms with Gasteiger partial charge >= 0.3 is 5.97 Å². The van der Waals surface area contributed by atoms with Crippen LogP contribution in [0.3, 0.4) is 0 Å². The number of hydrogen-bond acceptors (Lipinski definition) is 5. The van der Waals surface area contributed by atoms with Gasteiger partial charge in [-0.05, 0) is 26.7 Å². The summed E-state index contributed by atoms with van der Waals surface area (Å²) >= 11 is 0. The molecule has 1 aromatic carbocycles. The van der Waals surface area contributed by atoms with Gasteiger partial charge in [0, 0.05) is 11.6 Å². The average Bonchev–Trinajstić information content (AvgIpc) is 3.11. The molecule has 0 spiro atoms. The molecule has 7 nitrogen and oxygen atoms in total. The molecule has 1 aliphatic heterocycles. The number of piperidine rings is 1. The summed E-state index contributed by atoms with van der Waals surface area (Å²) < 4.78 is 10.3. The van der Waals surface area contributed by atoms with Gasteiger partial charge in [-0.1, -0.05) is 35.0 Å². The molecule has 2 aromatic rings. The van der Waals surface area contributed by atoms with Gasteiger partial charge in [-0.3, -0.25) is 14.9 Å². The summed E-state index contributed by atoms with van der Waals surface area (Å²) in [7, 11) is 0. The molecular weight excluding hydrogens is 346 g/mol. The van der Waals surface area contributed by atoms with E-state index in [4.69, 9.17) is 9.26 Å². The maximum Gasteiger partial charge on any atom is 0.314 e. The number of ether oxygens (including phenoxy) is 1. The van der Waals surface area contributed by atoms with Crippen LogP contribution in [0.2, 0.25) is 0 Å². The molecule has 2 N–H and O–H groups in total. The number of hydrogen-bond donors (Lipinski definition) is 2. The monoisotopic (exact) mass is 372 g/mol. The number of carbonyl (C=O) groups is 2. The molecule has 27 heavy (non-hydrogen) atoms. The molecule has 144 valence electrons. The topological polar surface area (TPSA) is 85.9 Å². The number of likely N-dealkylation sites (tertiary alicyclic amines) is 1. The van der Waals surface area contributed by atoms with Crippen molar-refractivity contribution < 1.29 is 23.7 Å². The van der Waals surface area contributed by atoms with Gasteiger partial charge in [-0.25, -0.2) is 0 Å². The summed E-state index contributed by atoms with van der Waals surface area (Å²) in [4.78, 5) is 25.3. The minimum absolute atomic E-state index is 0.125. The number of carbonyl (C=O) groups excluding carboxylic acids is 2. The van der Waals surface area contributed by atoms with Crippen molar-refractivity contribution in [3.63, 3.8) is 0 Å². The maximum atomic E-state index is 12.3. The van der Waals surface area contributed by atoms with Crippen LogP contribution in [0.1, 0.15) is 25.3 Å². The molecule has 2 atom stereocenters. The molecule has 0 aliphatic carbocycles. The number of nitrogens with one attached hydrogen (secondary N) is 2. The lowest BCUT2D eigenvalue weighted by Gasteiger charge is -2.27. The molecule has 0 bridgehead atoms. The zero-order valence-electron chi connectivity index (χ0n) is 15.8. The van der Waals surface area contributed by atoms with Gasteiger partial charge in [-0.2, -0.15) is 0 Å². The molecule has 7 heteroatoms. The number of benzene rings is 1. The van der Waals surface area contributed by atoms with E-state index in [1.54, 1.807) is 13.0 Å². The summed E-state index contributed by atoms with van der Waals surface area (Å²) in [6, 6.07) is 9.65. The Bertz CT molecular complexity index is 785. The second-order valence-electron chi connectivity index (χ2n) is 6.96. The predicted molar refractivity (Wildman–Crippen MR) is 100 cm³/mol. The van der Waals surface area contributed by atoms with E-state index in [1.165, 1.54) is 5.56 Å². The van der Waals surface area contributed by atoms with Crippen molar-refractivity contribution in [1.82, 2.24) is 5.16 Å². The first-order valence-corrected chi connectivity index (χ1v) is 9.39. The van der Waals surface area contributed by atoms with Gasteiger partial charge in [0.1, 0.15) is 11.6 Å². The highest BCUT2D eigenvalue weighted by atomic mass is 16.5. The fraction of sp³-hybridized carbons (Fsp3) is 0.450. The molecule has 0 saturated carbocycles. The van der Waals surface area contributed by atoms with E-state index < -0.39 is 0 Å². The number of aromatic nitrogens is 1. The summed E-state index contributed by atoms with van der Waals surface area (Å²) in [5.41, 5.74) is 2.78. The first-order valence-electron chi connectivity index (χ1n) is 9.39. The fourth-order valence-electron chi connectivity index (χ4n) is 3.38. The number of amides is 1. The van der Waals surface area contributed by atoms with Gasteiger partial charge < -0.3 is 14.2 Å². The third-order valence-corrected chi connectivity index (χ3v) is 4.77. The number of anilines is 1.